The number of carbonyl (C=O) groups is 1. The summed E-state index contributed by atoms with van der Waals surface area (Å²) in [5.41, 5.74) is 1.86. The topological polar surface area (TPSA) is 32.7 Å². The fraction of sp³-hybridized carbons (Fsp3) is 0.176. The van der Waals surface area contributed by atoms with Gasteiger partial charge in [-0.3, -0.25) is 14.7 Å². The molecule has 22 heavy (non-hydrogen) atoms. The molecule has 0 atom stereocenters. The molecule has 1 heterocycles. The number of amidine groups is 1. The SMILES string of the molecule is O=C(c1ccc(Cl)cc1)N1CCN=C1SCc1ccccc1. The summed E-state index contributed by atoms with van der Waals surface area (Å²) in [4.78, 5) is 18.8. The Kier molecular flexibility index (Phi) is 4.80. The Balaban J connectivity index is 1.67. The predicted octanol–water partition coefficient (Wildman–Crippen LogP) is 4.09. The zero-order valence-corrected chi connectivity index (χ0v) is 13.5. The van der Waals surface area contributed by atoms with Crippen LogP contribution in [-0.2, 0) is 5.75 Å². The third-order valence-electron chi connectivity index (χ3n) is 3.35. The lowest BCUT2D eigenvalue weighted by molar-refractivity contribution is 0.0860. The molecule has 0 spiro atoms. The van der Waals surface area contributed by atoms with E-state index in [9.17, 15) is 4.79 Å². The molecule has 2 aromatic rings. The first kappa shape index (κ1) is 15.1. The fourth-order valence-corrected chi connectivity index (χ4v) is 3.34. The van der Waals surface area contributed by atoms with Gasteiger partial charge in [0.1, 0.15) is 0 Å². The predicted molar refractivity (Wildman–Crippen MR) is 92.5 cm³/mol. The van der Waals surface area contributed by atoms with Crippen molar-refractivity contribution in [3.8, 4) is 0 Å². The number of rotatable bonds is 3. The smallest absolute Gasteiger partial charge is 0.259 e. The molecule has 5 heteroatoms. The minimum Gasteiger partial charge on any atom is -0.286 e. The maximum Gasteiger partial charge on any atom is 0.259 e. The van der Waals surface area contributed by atoms with Crippen molar-refractivity contribution in [2.45, 2.75) is 5.75 Å². The molecule has 1 amide bonds. The van der Waals surface area contributed by atoms with Crippen molar-refractivity contribution in [1.82, 2.24) is 4.90 Å². The number of carbonyl (C=O) groups excluding carboxylic acids is 1. The molecule has 1 aliphatic rings. The number of thioether (sulfide) groups is 1. The molecule has 0 aliphatic carbocycles. The maximum absolute atomic E-state index is 12.6. The molecular weight excluding hydrogens is 316 g/mol. The van der Waals surface area contributed by atoms with Crippen LogP contribution < -0.4 is 0 Å². The largest absolute Gasteiger partial charge is 0.286 e. The third-order valence-corrected chi connectivity index (χ3v) is 4.69. The van der Waals surface area contributed by atoms with Crippen LogP contribution in [0.5, 0.6) is 0 Å². The number of amides is 1. The monoisotopic (exact) mass is 330 g/mol. The van der Waals surface area contributed by atoms with Crippen LogP contribution in [0.15, 0.2) is 59.6 Å². The average molecular weight is 331 g/mol. The Morgan fingerprint density at radius 2 is 1.86 bits per heavy atom. The highest BCUT2D eigenvalue weighted by Crippen LogP contribution is 2.21. The maximum atomic E-state index is 12.6. The first-order valence-corrected chi connectivity index (χ1v) is 8.39. The van der Waals surface area contributed by atoms with E-state index in [0.29, 0.717) is 23.7 Å². The van der Waals surface area contributed by atoms with Gasteiger partial charge in [-0.2, -0.15) is 0 Å². The van der Waals surface area contributed by atoms with Crippen molar-refractivity contribution in [3.05, 3.63) is 70.7 Å². The summed E-state index contributed by atoms with van der Waals surface area (Å²) in [6.45, 7) is 1.30. The summed E-state index contributed by atoms with van der Waals surface area (Å²) in [6, 6.07) is 17.2. The molecule has 0 bridgehead atoms. The van der Waals surface area contributed by atoms with Crippen LogP contribution in [0.25, 0.3) is 0 Å². The van der Waals surface area contributed by atoms with Gasteiger partial charge in [0, 0.05) is 22.9 Å². The second kappa shape index (κ2) is 6.99. The summed E-state index contributed by atoms with van der Waals surface area (Å²) >= 11 is 7.47. The van der Waals surface area contributed by atoms with Crippen LogP contribution in [0.3, 0.4) is 0 Å². The first-order chi connectivity index (χ1) is 10.7. The van der Waals surface area contributed by atoms with E-state index in [1.165, 1.54) is 5.56 Å². The standard InChI is InChI=1S/C17H15ClN2OS/c18-15-8-6-14(7-9-15)16(21)20-11-10-19-17(20)22-12-13-4-2-1-3-5-13/h1-9H,10-12H2. The molecule has 112 valence electrons. The van der Waals surface area contributed by atoms with Crippen LogP contribution in [0.1, 0.15) is 15.9 Å². The molecule has 3 rings (SSSR count). The zero-order chi connectivity index (χ0) is 15.4. The minimum atomic E-state index is -0.0199. The van der Waals surface area contributed by atoms with Gasteiger partial charge in [0.15, 0.2) is 5.17 Å². The highest BCUT2D eigenvalue weighted by Gasteiger charge is 2.25. The fourth-order valence-electron chi connectivity index (χ4n) is 2.21. The first-order valence-electron chi connectivity index (χ1n) is 7.02. The lowest BCUT2D eigenvalue weighted by atomic mass is 10.2. The Morgan fingerprint density at radius 3 is 2.59 bits per heavy atom. The van der Waals surface area contributed by atoms with Crippen molar-refractivity contribution in [1.29, 1.82) is 0 Å². The van der Waals surface area contributed by atoms with Crippen molar-refractivity contribution in [2.75, 3.05) is 13.1 Å². The van der Waals surface area contributed by atoms with E-state index in [2.05, 4.69) is 17.1 Å². The summed E-state index contributed by atoms with van der Waals surface area (Å²) in [6.07, 6.45) is 0. The van der Waals surface area contributed by atoms with E-state index in [1.807, 2.05) is 18.2 Å². The number of aliphatic imine (C=N–C) groups is 1. The van der Waals surface area contributed by atoms with Crippen LogP contribution in [0, 0.1) is 0 Å². The lowest BCUT2D eigenvalue weighted by Crippen LogP contribution is -2.32. The van der Waals surface area contributed by atoms with Crippen LogP contribution >= 0.6 is 23.4 Å². The Hall–Kier alpha value is -1.78. The molecule has 3 nitrogen and oxygen atoms in total. The normalized spacial score (nSPS) is 14.0. The van der Waals surface area contributed by atoms with Crippen molar-refractivity contribution >= 4 is 34.4 Å². The Labute approximate surface area is 139 Å². The number of benzene rings is 2. The van der Waals surface area contributed by atoms with Gasteiger partial charge in [-0.25, -0.2) is 0 Å². The molecule has 0 unspecified atom stereocenters. The molecule has 0 fully saturated rings. The van der Waals surface area contributed by atoms with Gasteiger partial charge >= 0.3 is 0 Å². The van der Waals surface area contributed by atoms with Crippen molar-refractivity contribution in [3.63, 3.8) is 0 Å². The average Bonchev–Trinajstić information content (AvgIpc) is 3.02. The van der Waals surface area contributed by atoms with E-state index in [1.54, 1.807) is 40.9 Å². The molecule has 0 saturated carbocycles. The number of hydrogen-bond donors (Lipinski definition) is 0. The van der Waals surface area contributed by atoms with Crippen LogP contribution in [-0.4, -0.2) is 29.1 Å². The highest BCUT2D eigenvalue weighted by molar-refractivity contribution is 8.13. The summed E-state index contributed by atoms with van der Waals surface area (Å²) < 4.78 is 0. The van der Waals surface area contributed by atoms with E-state index in [-0.39, 0.29) is 5.91 Å². The second-order valence-electron chi connectivity index (χ2n) is 4.90. The third kappa shape index (κ3) is 3.51. The minimum absolute atomic E-state index is 0.0199. The van der Waals surface area contributed by atoms with Gasteiger partial charge in [0.05, 0.1) is 6.54 Å². The second-order valence-corrected chi connectivity index (χ2v) is 6.28. The zero-order valence-electron chi connectivity index (χ0n) is 11.9. The molecule has 0 saturated heterocycles. The van der Waals surface area contributed by atoms with E-state index in [0.717, 1.165) is 10.9 Å². The van der Waals surface area contributed by atoms with E-state index in [4.69, 9.17) is 11.6 Å². The number of hydrogen-bond acceptors (Lipinski definition) is 3. The molecule has 0 radical (unpaired) electrons. The lowest BCUT2D eigenvalue weighted by Gasteiger charge is -2.18. The van der Waals surface area contributed by atoms with E-state index < -0.39 is 0 Å². The molecule has 1 aliphatic heterocycles. The van der Waals surface area contributed by atoms with Crippen LogP contribution in [0.4, 0.5) is 0 Å². The van der Waals surface area contributed by atoms with Gasteiger partial charge in [-0.1, -0.05) is 53.7 Å². The molecule has 0 N–H and O–H groups in total. The summed E-state index contributed by atoms with van der Waals surface area (Å²) in [5.74, 6) is 0.790. The van der Waals surface area contributed by atoms with Gasteiger partial charge in [-0.15, -0.1) is 0 Å². The van der Waals surface area contributed by atoms with Crippen molar-refractivity contribution < 1.29 is 4.79 Å². The summed E-state index contributed by atoms with van der Waals surface area (Å²) in [5, 5.41) is 1.43. The Bertz CT molecular complexity index is 686. The number of halogens is 1. The van der Waals surface area contributed by atoms with Gasteiger partial charge in [-0.05, 0) is 29.8 Å². The van der Waals surface area contributed by atoms with Gasteiger partial charge < -0.3 is 0 Å². The van der Waals surface area contributed by atoms with E-state index >= 15 is 0 Å². The quantitative estimate of drug-likeness (QED) is 0.849. The van der Waals surface area contributed by atoms with Crippen LogP contribution in [0.2, 0.25) is 5.02 Å². The molecule has 2 aromatic carbocycles. The van der Waals surface area contributed by atoms with Gasteiger partial charge in [0.25, 0.3) is 5.91 Å². The molecule has 0 aromatic heterocycles. The molecular formula is C17H15ClN2OS. The Morgan fingerprint density at radius 1 is 1.14 bits per heavy atom. The highest BCUT2D eigenvalue weighted by atomic mass is 35.5. The van der Waals surface area contributed by atoms with Crippen molar-refractivity contribution in [2.24, 2.45) is 4.99 Å². The van der Waals surface area contributed by atoms with Gasteiger partial charge in [0.2, 0.25) is 0 Å². The summed E-state index contributed by atoms with van der Waals surface area (Å²) in [7, 11) is 0. The number of nitrogens with zero attached hydrogens (tertiary/aromatic N) is 2.